The molecule has 0 saturated carbocycles. The zero-order valence-corrected chi connectivity index (χ0v) is 21.2. The van der Waals surface area contributed by atoms with Crippen LogP contribution in [0.25, 0.3) is 0 Å². The van der Waals surface area contributed by atoms with E-state index in [1.54, 1.807) is 66.3 Å². The van der Waals surface area contributed by atoms with Crippen LogP contribution in [0.1, 0.15) is 28.0 Å². The van der Waals surface area contributed by atoms with Crippen molar-refractivity contribution >= 4 is 17.7 Å². The second-order valence-corrected chi connectivity index (χ2v) is 9.61. The predicted octanol–water partition coefficient (Wildman–Crippen LogP) is 2.42. The minimum atomic E-state index is -3.36. The molecule has 3 unspecified atom stereocenters. The molecule has 0 aliphatic carbocycles. The third kappa shape index (κ3) is 6.85. The van der Waals surface area contributed by atoms with Crippen LogP contribution in [0.3, 0.4) is 0 Å². The largest absolute Gasteiger partial charge is 0.381 e. The molecular weight excluding hydrogens is 513 g/mol. The number of hydrogen-bond donors (Lipinski definition) is 3. The van der Waals surface area contributed by atoms with Gasteiger partial charge in [0, 0.05) is 26.2 Å². The maximum atomic E-state index is 14.5. The highest BCUT2D eigenvalue weighted by Crippen LogP contribution is 2.33. The van der Waals surface area contributed by atoms with E-state index in [1.165, 1.54) is 18.2 Å². The molecule has 1 fully saturated rings. The molecule has 2 aromatic carbocycles. The maximum absolute atomic E-state index is 14.5. The number of alkyl halides is 2. The lowest BCUT2D eigenvalue weighted by atomic mass is 9.99. The summed E-state index contributed by atoms with van der Waals surface area (Å²) in [6, 6.07) is 14.7. The third-order valence-corrected chi connectivity index (χ3v) is 6.64. The van der Waals surface area contributed by atoms with Crippen LogP contribution < -0.4 is 10.6 Å². The van der Waals surface area contributed by atoms with E-state index in [0.717, 1.165) is 0 Å². The first-order chi connectivity index (χ1) is 18.5. The number of hydrogen-bond acceptors (Lipinski definition) is 4. The Balaban J connectivity index is 1.52. The summed E-state index contributed by atoms with van der Waals surface area (Å²) in [5.41, 5.74) is 1.38. The third-order valence-electron chi connectivity index (χ3n) is 6.64. The van der Waals surface area contributed by atoms with Crippen LogP contribution in [0.2, 0.25) is 0 Å². The van der Waals surface area contributed by atoms with Crippen LogP contribution in [0.4, 0.5) is 13.2 Å². The van der Waals surface area contributed by atoms with Crippen LogP contribution in [-0.2, 0) is 29.6 Å². The molecule has 0 spiro atoms. The smallest absolute Gasteiger partial charge is 0.268 e. The molecule has 0 bridgehead atoms. The molecule has 3 N–H and O–H groups in total. The zero-order chi connectivity index (χ0) is 28.2. The summed E-state index contributed by atoms with van der Waals surface area (Å²) in [6.45, 7) is -1.20. The Bertz CT molecular complexity index is 1330. The van der Waals surface area contributed by atoms with E-state index in [2.05, 4.69) is 10.6 Å². The molecule has 3 aromatic rings. The molecule has 0 radical (unpaired) electrons. The van der Waals surface area contributed by atoms with E-state index in [0.29, 0.717) is 16.0 Å². The number of likely N-dealkylation sites (tertiary alicyclic amines) is 1. The standard InChI is InChI=1S/C28H29F3N4O4/c1-34-12-6-11-22(34)26(38)33-21(14-18-7-3-2-4-8-18)24(36)27(39)35-17-28(30,31)15-23(35)25(37)32-16-19-9-5-10-20(29)13-19/h2-13,21,23-24,36H,14-17H2,1H3,(H,32,37)(H,33,38). The fourth-order valence-electron chi connectivity index (χ4n) is 4.63. The second kappa shape index (κ2) is 11.7. The van der Waals surface area contributed by atoms with Gasteiger partial charge in [0.15, 0.2) is 6.10 Å². The molecule has 2 heterocycles. The van der Waals surface area contributed by atoms with Gasteiger partial charge in [0.2, 0.25) is 5.91 Å². The van der Waals surface area contributed by atoms with E-state index < -0.39 is 60.6 Å². The van der Waals surface area contributed by atoms with E-state index in [1.807, 2.05) is 0 Å². The molecule has 206 valence electrons. The number of amides is 3. The normalized spacial score (nSPS) is 17.9. The molecule has 1 aromatic heterocycles. The minimum absolute atomic E-state index is 0.0323. The van der Waals surface area contributed by atoms with E-state index >= 15 is 0 Å². The van der Waals surface area contributed by atoms with Crippen molar-refractivity contribution < 1.29 is 32.7 Å². The average molecular weight is 543 g/mol. The van der Waals surface area contributed by atoms with E-state index in [4.69, 9.17) is 0 Å². The number of carbonyl (C=O) groups excluding carboxylic acids is 3. The lowest BCUT2D eigenvalue weighted by Crippen LogP contribution is -2.56. The fourth-order valence-corrected chi connectivity index (χ4v) is 4.63. The summed E-state index contributed by atoms with van der Waals surface area (Å²) in [4.78, 5) is 39.8. The summed E-state index contributed by atoms with van der Waals surface area (Å²) >= 11 is 0. The highest BCUT2D eigenvalue weighted by molar-refractivity contribution is 5.94. The lowest BCUT2D eigenvalue weighted by molar-refractivity contribution is -0.147. The number of benzene rings is 2. The Morgan fingerprint density at radius 2 is 1.77 bits per heavy atom. The highest BCUT2D eigenvalue weighted by atomic mass is 19.3. The Morgan fingerprint density at radius 1 is 1.05 bits per heavy atom. The van der Waals surface area contributed by atoms with Crippen LogP contribution in [0.5, 0.6) is 0 Å². The number of carbonyl (C=O) groups is 3. The summed E-state index contributed by atoms with van der Waals surface area (Å²) < 4.78 is 43.9. The van der Waals surface area contributed by atoms with Crippen LogP contribution >= 0.6 is 0 Å². The van der Waals surface area contributed by atoms with Crippen LogP contribution in [-0.4, -0.2) is 63.0 Å². The maximum Gasteiger partial charge on any atom is 0.268 e. The lowest BCUT2D eigenvalue weighted by Gasteiger charge is -2.30. The molecule has 39 heavy (non-hydrogen) atoms. The number of nitrogens with zero attached hydrogens (tertiary/aromatic N) is 2. The van der Waals surface area contributed by atoms with Gasteiger partial charge in [-0.1, -0.05) is 42.5 Å². The number of halogens is 3. The monoisotopic (exact) mass is 542 g/mol. The summed E-state index contributed by atoms with van der Waals surface area (Å²) in [6.07, 6.45) is -1.16. The van der Waals surface area contributed by atoms with Crippen LogP contribution in [0.15, 0.2) is 72.9 Å². The van der Waals surface area contributed by atoms with Crippen molar-refractivity contribution in [2.45, 2.75) is 43.5 Å². The first-order valence-electron chi connectivity index (χ1n) is 12.4. The van der Waals surface area contributed by atoms with Crippen LogP contribution in [0, 0.1) is 5.82 Å². The van der Waals surface area contributed by atoms with Gasteiger partial charge < -0.3 is 25.2 Å². The van der Waals surface area contributed by atoms with Gasteiger partial charge in [-0.2, -0.15) is 0 Å². The molecule has 8 nitrogen and oxygen atoms in total. The Labute approximate surface area is 223 Å². The van der Waals surface area contributed by atoms with Crippen molar-refractivity contribution in [3.63, 3.8) is 0 Å². The number of aliphatic hydroxyl groups excluding tert-OH is 1. The quantitative estimate of drug-likeness (QED) is 0.387. The molecule has 1 saturated heterocycles. The zero-order valence-electron chi connectivity index (χ0n) is 21.2. The highest BCUT2D eigenvalue weighted by Gasteiger charge is 2.51. The van der Waals surface area contributed by atoms with Gasteiger partial charge in [-0.3, -0.25) is 14.4 Å². The van der Waals surface area contributed by atoms with Gasteiger partial charge >= 0.3 is 0 Å². The Kier molecular flexibility index (Phi) is 8.39. The van der Waals surface area contributed by atoms with Gasteiger partial charge in [-0.05, 0) is 41.8 Å². The molecular formula is C28H29F3N4O4. The van der Waals surface area contributed by atoms with Crippen molar-refractivity contribution in [3.05, 3.63) is 95.6 Å². The van der Waals surface area contributed by atoms with E-state index in [9.17, 15) is 32.7 Å². The van der Waals surface area contributed by atoms with Crippen molar-refractivity contribution in [2.75, 3.05) is 6.54 Å². The predicted molar refractivity (Wildman–Crippen MR) is 136 cm³/mol. The summed E-state index contributed by atoms with van der Waals surface area (Å²) in [5, 5.41) is 16.2. The molecule has 3 amide bonds. The minimum Gasteiger partial charge on any atom is -0.381 e. The number of rotatable bonds is 9. The number of nitrogens with one attached hydrogen (secondary N) is 2. The van der Waals surface area contributed by atoms with Gasteiger partial charge in [0.1, 0.15) is 17.6 Å². The average Bonchev–Trinajstić information content (AvgIpc) is 3.48. The topological polar surface area (TPSA) is 104 Å². The molecule has 1 aliphatic rings. The number of aliphatic hydroxyl groups is 1. The molecule has 4 rings (SSSR count). The summed E-state index contributed by atoms with van der Waals surface area (Å²) in [7, 11) is 1.65. The van der Waals surface area contributed by atoms with Crippen molar-refractivity contribution in [1.82, 2.24) is 20.1 Å². The van der Waals surface area contributed by atoms with Gasteiger partial charge in [0.25, 0.3) is 17.7 Å². The van der Waals surface area contributed by atoms with Crippen molar-refractivity contribution in [2.24, 2.45) is 7.05 Å². The number of aryl methyl sites for hydroxylation is 1. The van der Waals surface area contributed by atoms with Crippen molar-refractivity contribution in [3.8, 4) is 0 Å². The number of aromatic nitrogens is 1. The first-order valence-corrected chi connectivity index (χ1v) is 12.4. The van der Waals surface area contributed by atoms with Crippen molar-refractivity contribution in [1.29, 1.82) is 0 Å². The SMILES string of the molecule is Cn1cccc1C(=O)NC(Cc1ccccc1)C(O)C(=O)N1CC(F)(F)CC1C(=O)NCc1cccc(F)c1. The van der Waals surface area contributed by atoms with Gasteiger partial charge in [-0.15, -0.1) is 0 Å². The Morgan fingerprint density at radius 3 is 2.44 bits per heavy atom. The Hall–Kier alpha value is -4.12. The van der Waals surface area contributed by atoms with Gasteiger partial charge in [0.05, 0.1) is 12.6 Å². The molecule has 11 heteroatoms. The van der Waals surface area contributed by atoms with Gasteiger partial charge in [-0.25, -0.2) is 13.2 Å². The first kappa shape index (κ1) is 27.9. The fraction of sp³-hybridized carbons (Fsp3) is 0.321. The summed E-state index contributed by atoms with van der Waals surface area (Å²) in [5.74, 6) is -6.41. The second-order valence-electron chi connectivity index (χ2n) is 9.61. The van der Waals surface area contributed by atoms with E-state index in [-0.39, 0.29) is 18.7 Å². The molecule has 1 aliphatic heterocycles. The molecule has 3 atom stereocenters.